The Kier molecular flexibility index (Phi) is 6.07. The molecule has 0 aliphatic carbocycles. The van der Waals surface area contributed by atoms with E-state index in [1.165, 1.54) is 0 Å². The number of guanidine groups is 1. The highest BCUT2D eigenvalue weighted by atomic mass is 16.4. The molecule has 0 aromatic rings. The minimum Gasteiger partial charge on any atom is -0.480 e. The van der Waals surface area contributed by atoms with Gasteiger partial charge in [0.25, 0.3) is 0 Å². The molecule has 108 valence electrons. The Bertz CT molecular complexity index is 348. The highest BCUT2D eigenvalue weighted by Gasteiger charge is 2.26. The third-order valence-corrected chi connectivity index (χ3v) is 2.94. The molecule has 0 bridgehead atoms. The van der Waals surface area contributed by atoms with Crippen LogP contribution in [0.1, 0.15) is 25.7 Å². The molecule has 0 aromatic heterocycles. The molecule has 1 rings (SSSR count). The number of carboxylic acid groups (broad SMARTS) is 1. The summed E-state index contributed by atoms with van der Waals surface area (Å²) in [4.78, 5) is 26.6. The van der Waals surface area contributed by atoms with E-state index in [4.69, 9.17) is 16.6 Å². The van der Waals surface area contributed by atoms with E-state index in [9.17, 15) is 9.59 Å². The molecule has 0 aromatic carbocycles. The zero-order valence-corrected chi connectivity index (χ0v) is 10.8. The molecule has 0 spiro atoms. The third-order valence-electron chi connectivity index (χ3n) is 2.94. The molecule has 8 nitrogen and oxygen atoms in total. The number of carbonyl (C=O) groups is 2. The first-order valence-electron chi connectivity index (χ1n) is 6.32. The van der Waals surface area contributed by atoms with Crippen LogP contribution in [0.3, 0.4) is 0 Å². The molecule has 1 aliphatic rings. The molecule has 2 atom stereocenters. The summed E-state index contributed by atoms with van der Waals surface area (Å²) in [5, 5.41) is 14.6. The Balaban J connectivity index is 2.37. The normalized spacial score (nSPS) is 19.7. The van der Waals surface area contributed by atoms with Crippen molar-refractivity contribution in [3.63, 3.8) is 0 Å². The lowest BCUT2D eigenvalue weighted by atomic mass is 10.1. The number of aliphatic carboxylic acids is 1. The van der Waals surface area contributed by atoms with Crippen LogP contribution >= 0.6 is 0 Å². The standard InChI is InChI=1S/C11H21N5O3/c12-11(13)15-6-2-4-8(10(18)19)16-9(17)7-3-1-5-14-7/h7-8,14H,1-6H2,(H,16,17)(H,18,19)(H4,12,13,15)/t7-,8-/m1/s1. The highest BCUT2D eigenvalue weighted by Crippen LogP contribution is 2.06. The van der Waals surface area contributed by atoms with E-state index in [0.29, 0.717) is 19.4 Å². The molecule has 1 aliphatic heterocycles. The highest BCUT2D eigenvalue weighted by molar-refractivity contribution is 5.87. The lowest BCUT2D eigenvalue weighted by molar-refractivity contribution is -0.142. The van der Waals surface area contributed by atoms with Gasteiger partial charge in [-0.25, -0.2) is 4.79 Å². The predicted molar refractivity (Wildman–Crippen MR) is 70.5 cm³/mol. The summed E-state index contributed by atoms with van der Waals surface area (Å²) in [6.07, 6.45) is 2.46. The largest absolute Gasteiger partial charge is 0.480 e. The van der Waals surface area contributed by atoms with E-state index in [1.807, 2.05) is 0 Å². The fraction of sp³-hybridized carbons (Fsp3) is 0.727. The maximum atomic E-state index is 11.8. The van der Waals surface area contributed by atoms with Gasteiger partial charge in [0, 0.05) is 6.54 Å². The lowest BCUT2D eigenvalue weighted by Crippen LogP contribution is -2.48. The molecule has 8 heteroatoms. The Morgan fingerprint density at radius 1 is 1.47 bits per heavy atom. The minimum atomic E-state index is -1.05. The van der Waals surface area contributed by atoms with Crippen molar-refractivity contribution >= 4 is 17.8 Å². The lowest BCUT2D eigenvalue weighted by Gasteiger charge is -2.17. The van der Waals surface area contributed by atoms with Gasteiger partial charge in [-0.1, -0.05) is 0 Å². The van der Waals surface area contributed by atoms with Gasteiger partial charge >= 0.3 is 5.97 Å². The van der Waals surface area contributed by atoms with Crippen molar-refractivity contribution in [1.29, 1.82) is 0 Å². The number of amides is 1. The zero-order valence-electron chi connectivity index (χ0n) is 10.8. The molecule has 0 unspecified atom stereocenters. The minimum absolute atomic E-state index is 0.0222. The summed E-state index contributed by atoms with van der Waals surface area (Å²) in [5.41, 5.74) is 10.3. The summed E-state index contributed by atoms with van der Waals surface area (Å²) in [7, 11) is 0. The summed E-state index contributed by atoms with van der Waals surface area (Å²) < 4.78 is 0. The zero-order chi connectivity index (χ0) is 14.3. The summed E-state index contributed by atoms with van der Waals surface area (Å²) in [6.45, 7) is 1.14. The molecular weight excluding hydrogens is 250 g/mol. The van der Waals surface area contributed by atoms with Gasteiger partial charge in [-0.15, -0.1) is 0 Å². The van der Waals surface area contributed by atoms with Crippen LogP contribution in [-0.4, -0.2) is 48.1 Å². The van der Waals surface area contributed by atoms with Crippen molar-refractivity contribution in [2.24, 2.45) is 16.5 Å². The molecule has 19 heavy (non-hydrogen) atoms. The maximum Gasteiger partial charge on any atom is 0.326 e. The van der Waals surface area contributed by atoms with Crippen LogP contribution in [0, 0.1) is 0 Å². The SMILES string of the molecule is NC(N)=NCCC[C@@H](NC(=O)[C@H]1CCCN1)C(=O)O. The second-order valence-corrected chi connectivity index (χ2v) is 4.50. The van der Waals surface area contributed by atoms with E-state index in [1.54, 1.807) is 0 Å². The van der Waals surface area contributed by atoms with Crippen molar-refractivity contribution in [1.82, 2.24) is 10.6 Å². The fourth-order valence-electron chi connectivity index (χ4n) is 1.94. The monoisotopic (exact) mass is 271 g/mol. The smallest absolute Gasteiger partial charge is 0.326 e. The first-order chi connectivity index (χ1) is 9.00. The average molecular weight is 271 g/mol. The van der Waals surface area contributed by atoms with Crippen LogP contribution in [0.4, 0.5) is 0 Å². The number of hydrogen-bond donors (Lipinski definition) is 5. The van der Waals surface area contributed by atoms with Crippen molar-refractivity contribution in [3.05, 3.63) is 0 Å². The Hall–Kier alpha value is -1.83. The molecule has 0 radical (unpaired) electrons. The van der Waals surface area contributed by atoms with Crippen molar-refractivity contribution in [2.75, 3.05) is 13.1 Å². The van der Waals surface area contributed by atoms with E-state index >= 15 is 0 Å². The van der Waals surface area contributed by atoms with Crippen LogP contribution in [0.2, 0.25) is 0 Å². The van der Waals surface area contributed by atoms with Crippen molar-refractivity contribution in [3.8, 4) is 0 Å². The number of nitrogens with one attached hydrogen (secondary N) is 2. The van der Waals surface area contributed by atoms with Gasteiger partial charge in [0.05, 0.1) is 6.04 Å². The number of nitrogens with zero attached hydrogens (tertiary/aromatic N) is 1. The van der Waals surface area contributed by atoms with Gasteiger partial charge in [-0.05, 0) is 32.2 Å². The van der Waals surface area contributed by atoms with Gasteiger partial charge in [-0.3, -0.25) is 9.79 Å². The Morgan fingerprint density at radius 2 is 2.21 bits per heavy atom. The molecule has 7 N–H and O–H groups in total. The van der Waals surface area contributed by atoms with Gasteiger partial charge in [0.2, 0.25) is 5.91 Å². The predicted octanol–water partition coefficient (Wildman–Crippen LogP) is -1.64. The van der Waals surface area contributed by atoms with E-state index in [0.717, 1.165) is 19.4 Å². The first-order valence-corrected chi connectivity index (χ1v) is 6.32. The van der Waals surface area contributed by atoms with Gasteiger partial charge in [-0.2, -0.15) is 0 Å². The number of aliphatic imine (C=N–C) groups is 1. The average Bonchev–Trinajstić information content (AvgIpc) is 2.85. The van der Waals surface area contributed by atoms with Crippen LogP contribution in [0.15, 0.2) is 4.99 Å². The van der Waals surface area contributed by atoms with Gasteiger partial charge in [0.1, 0.15) is 6.04 Å². The molecule has 1 amide bonds. The fourth-order valence-corrected chi connectivity index (χ4v) is 1.94. The summed E-state index contributed by atoms with van der Waals surface area (Å²) in [5.74, 6) is -1.33. The van der Waals surface area contributed by atoms with Crippen molar-refractivity contribution < 1.29 is 14.7 Å². The van der Waals surface area contributed by atoms with Gasteiger partial charge in [0.15, 0.2) is 5.96 Å². The first kappa shape index (κ1) is 15.2. The molecular formula is C11H21N5O3. The van der Waals surface area contributed by atoms with Crippen LogP contribution < -0.4 is 22.1 Å². The quantitative estimate of drug-likeness (QED) is 0.213. The number of hydrogen-bond acceptors (Lipinski definition) is 4. The molecule has 0 saturated carbocycles. The molecule has 1 heterocycles. The Labute approximate surface area is 111 Å². The number of rotatable bonds is 7. The van der Waals surface area contributed by atoms with Crippen molar-refractivity contribution in [2.45, 2.75) is 37.8 Å². The third kappa shape index (κ3) is 5.56. The Morgan fingerprint density at radius 3 is 2.74 bits per heavy atom. The van der Waals surface area contributed by atoms with E-state index < -0.39 is 12.0 Å². The van der Waals surface area contributed by atoms with Crippen LogP contribution in [-0.2, 0) is 9.59 Å². The maximum absolute atomic E-state index is 11.8. The summed E-state index contributed by atoms with van der Waals surface area (Å²) >= 11 is 0. The van der Waals surface area contributed by atoms with E-state index in [2.05, 4.69) is 15.6 Å². The van der Waals surface area contributed by atoms with E-state index in [-0.39, 0.29) is 17.9 Å². The summed E-state index contributed by atoms with van der Waals surface area (Å²) in [6, 6.07) is -1.18. The topological polar surface area (TPSA) is 143 Å². The van der Waals surface area contributed by atoms with Crippen LogP contribution in [0.25, 0.3) is 0 Å². The number of nitrogens with two attached hydrogens (primary N) is 2. The number of carbonyl (C=O) groups excluding carboxylic acids is 1. The second-order valence-electron chi connectivity index (χ2n) is 4.50. The van der Waals surface area contributed by atoms with Crippen LogP contribution in [0.5, 0.6) is 0 Å². The second kappa shape index (κ2) is 7.57. The molecule has 1 saturated heterocycles. The number of carboxylic acids is 1. The molecule has 1 fully saturated rings. The van der Waals surface area contributed by atoms with Gasteiger partial charge < -0.3 is 27.2 Å².